The van der Waals surface area contributed by atoms with Gasteiger partial charge in [-0.15, -0.1) is 0 Å². The van der Waals surface area contributed by atoms with E-state index >= 15 is 0 Å². The van der Waals surface area contributed by atoms with Gasteiger partial charge in [0, 0.05) is 5.56 Å². The van der Waals surface area contributed by atoms with Gasteiger partial charge in [-0.1, -0.05) is 24.3 Å². The van der Waals surface area contributed by atoms with Crippen molar-refractivity contribution in [2.24, 2.45) is 0 Å². The summed E-state index contributed by atoms with van der Waals surface area (Å²) in [6, 6.07) is 9.36. The molecule has 5 nitrogen and oxygen atoms in total. The maximum Gasteiger partial charge on any atom is 0.430 e. The van der Waals surface area contributed by atoms with Crippen LogP contribution in [0.25, 0.3) is 0 Å². The van der Waals surface area contributed by atoms with E-state index in [1.165, 1.54) is 7.11 Å². The summed E-state index contributed by atoms with van der Waals surface area (Å²) in [6.45, 7) is -0.0537. The van der Waals surface area contributed by atoms with E-state index in [1.807, 2.05) is 0 Å². The van der Waals surface area contributed by atoms with Crippen molar-refractivity contribution in [2.75, 3.05) is 20.3 Å². The lowest BCUT2D eigenvalue weighted by Gasteiger charge is -2.32. The van der Waals surface area contributed by atoms with Crippen LogP contribution in [0.3, 0.4) is 0 Å². The molecule has 1 N–H and O–H groups in total. The maximum absolute atomic E-state index is 12.9. The van der Waals surface area contributed by atoms with E-state index in [9.17, 15) is 36.2 Å². The van der Waals surface area contributed by atoms with Crippen LogP contribution in [0, 0.1) is 0 Å². The number of hydrogen-bond donors (Lipinski definition) is 1. The normalized spacial score (nSPS) is 12.4. The fourth-order valence-corrected chi connectivity index (χ4v) is 2.58. The molecule has 0 bridgehead atoms. The minimum Gasteiger partial charge on any atom is -0.490 e. The van der Waals surface area contributed by atoms with Gasteiger partial charge in [0.1, 0.15) is 24.7 Å². The Bertz CT molecular complexity index is 863. The molecule has 0 aliphatic heterocycles. The molecule has 0 spiro atoms. The molecular formula is C20H18F6O5. The third-order valence-electron chi connectivity index (χ3n) is 4.19. The van der Waals surface area contributed by atoms with E-state index in [4.69, 9.17) is 9.47 Å². The summed E-state index contributed by atoms with van der Waals surface area (Å²) in [6.07, 6.45) is -11.9. The highest BCUT2D eigenvalue weighted by atomic mass is 19.4. The number of alkyl halides is 6. The van der Waals surface area contributed by atoms with Crippen molar-refractivity contribution in [3.63, 3.8) is 0 Å². The first-order valence-corrected chi connectivity index (χ1v) is 8.76. The molecule has 170 valence electrons. The average molecular weight is 452 g/mol. The summed E-state index contributed by atoms with van der Waals surface area (Å²) in [4.78, 5) is 11.3. The van der Waals surface area contributed by atoms with Crippen molar-refractivity contribution in [3.05, 3.63) is 59.7 Å². The van der Waals surface area contributed by atoms with Crippen molar-refractivity contribution in [2.45, 2.75) is 24.4 Å². The van der Waals surface area contributed by atoms with Gasteiger partial charge >= 0.3 is 18.3 Å². The second-order valence-electron chi connectivity index (χ2n) is 6.33. The van der Waals surface area contributed by atoms with Crippen LogP contribution in [0.4, 0.5) is 26.3 Å². The Morgan fingerprint density at radius 1 is 0.871 bits per heavy atom. The predicted molar refractivity (Wildman–Crippen MR) is 95.6 cm³/mol. The molecule has 0 saturated carbocycles. The number of ether oxygens (including phenoxy) is 3. The Kier molecular flexibility index (Phi) is 7.42. The molecule has 0 radical (unpaired) electrons. The monoisotopic (exact) mass is 452 g/mol. The highest BCUT2D eigenvalue weighted by Gasteiger charge is 2.71. The van der Waals surface area contributed by atoms with Crippen LogP contribution in [-0.2, 0) is 21.6 Å². The minimum atomic E-state index is -5.95. The standard InChI is InChI=1S/C20H18F6O5/c1-29-17(27)12-13-3-2-4-16(11-13)31-10-9-30-15-7-5-14(6-8-15)18(28,19(21,22)23)20(24,25)26/h2-8,11,28H,9-10,12H2,1H3. The first kappa shape index (κ1) is 24.3. The van der Waals surface area contributed by atoms with Gasteiger partial charge in [0.15, 0.2) is 0 Å². The van der Waals surface area contributed by atoms with Gasteiger partial charge in [-0.05, 0) is 29.8 Å². The molecular weight excluding hydrogens is 434 g/mol. The van der Waals surface area contributed by atoms with Crippen LogP contribution in [-0.4, -0.2) is 43.8 Å². The number of carbonyl (C=O) groups excluding carboxylic acids is 1. The second kappa shape index (κ2) is 9.46. The Morgan fingerprint density at radius 2 is 1.42 bits per heavy atom. The van der Waals surface area contributed by atoms with Gasteiger partial charge in [0.25, 0.3) is 5.60 Å². The number of methoxy groups -OCH3 is 1. The molecule has 0 atom stereocenters. The molecule has 0 aliphatic rings. The van der Waals surface area contributed by atoms with E-state index in [2.05, 4.69) is 4.74 Å². The van der Waals surface area contributed by atoms with Crippen molar-refractivity contribution in [1.82, 2.24) is 0 Å². The lowest BCUT2D eigenvalue weighted by Crippen LogP contribution is -2.53. The smallest absolute Gasteiger partial charge is 0.430 e. The quantitative estimate of drug-likeness (QED) is 0.370. The van der Waals surface area contributed by atoms with Gasteiger partial charge in [0.05, 0.1) is 13.5 Å². The summed E-state index contributed by atoms with van der Waals surface area (Å²) < 4.78 is 92.5. The molecule has 0 heterocycles. The zero-order valence-corrected chi connectivity index (χ0v) is 16.1. The predicted octanol–water partition coefficient (Wildman–Crippen LogP) is 4.17. The van der Waals surface area contributed by atoms with Crippen LogP contribution in [0.1, 0.15) is 11.1 Å². The van der Waals surface area contributed by atoms with Gasteiger partial charge in [-0.3, -0.25) is 4.79 Å². The van der Waals surface area contributed by atoms with Crippen molar-refractivity contribution >= 4 is 5.97 Å². The largest absolute Gasteiger partial charge is 0.490 e. The minimum absolute atomic E-state index is 0.0124. The summed E-state index contributed by atoms with van der Waals surface area (Å²) in [5.74, 6) is -0.00821. The maximum atomic E-state index is 12.9. The highest BCUT2D eigenvalue weighted by Crippen LogP contribution is 2.50. The first-order valence-electron chi connectivity index (χ1n) is 8.76. The van der Waals surface area contributed by atoms with Crippen LogP contribution in [0.5, 0.6) is 11.5 Å². The molecule has 0 unspecified atom stereocenters. The number of esters is 1. The van der Waals surface area contributed by atoms with Gasteiger partial charge < -0.3 is 19.3 Å². The molecule has 0 fully saturated rings. The molecule has 0 aromatic heterocycles. The SMILES string of the molecule is COC(=O)Cc1cccc(OCCOc2ccc(C(O)(C(F)(F)F)C(F)(F)F)cc2)c1. The van der Waals surface area contributed by atoms with Gasteiger partial charge in [0.2, 0.25) is 0 Å². The Hall–Kier alpha value is -2.95. The summed E-state index contributed by atoms with van der Waals surface area (Å²) in [5.41, 5.74) is -5.71. The number of hydrogen-bond acceptors (Lipinski definition) is 5. The zero-order valence-electron chi connectivity index (χ0n) is 16.1. The van der Waals surface area contributed by atoms with Crippen molar-refractivity contribution < 1.29 is 50.5 Å². The molecule has 0 saturated heterocycles. The lowest BCUT2D eigenvalue weighted by molar-refractivity contribution is -0.376. The summed E-state index contributed by atoms with van der Waals surface area (Å²) >= 11 is 0. The lowest BCUT2D eigenvalue weighted by atomic mass is 9.92. The van der Waals surface area contributed by atoms with Crippen molar-refractivity contribution in [3.8, 4) is 11.5 Å². The van der Waals surface area contributed by atoms with E-state index in [0.29, 0.717) is 23.4 Å². The average Bonchev–Trinajstić information content (AvgIpc) is 2.69. The third-order valence-corrected chi connectivity index (χ3v) is 4.19. The third kappa shape index (κ3) is 5.81. The Morgan fingerprint density at radius 3 is 1.94 bits per heavy atom. The number of aliphatic hydroxyl groups is 1. The summed E-state index contributed by atoms with van der Waals surface area (Å²) in [7, 11) is 1.26. The molecule has 11 heteroatoms. The van der Waals surface area contributed by atoms with E-state index in [0.717, 1.165) is 12.1 Å². The first-order chi connectivity index (χ1) is 14.4. The fraction of sp³-hybridized carbons (Fsp3) is 0.350. The number of rotatable bonds is 8. The molecule has 2 rings (SSSR count). The van der Waals surface area contributed by atoms with E-state index in [-0.39, 0.29) is 25.4 Å². The number of benzene rings is 2. The Balaban J connectivity index is 1.95. The van der Waals surface area contributed by atoms with Crippen molar-refractivity contribution in [1.29, 1.82) is 0 Å². The number of halogens is 6. The number of carbonyl (C=O) groups is 1. The molecule has 0 aliphatic carbocycles. The van der Waals surface area contributed by atoms with Crippen LogP contribution < -0.4 is 9.47 Å². The molecule has 2 aromatic rings. The molecule has 0 amide bonds. The summed E-state index contributed by atoms with van der Waals surface area (Å²) in [5, 5.41) is 9.34. The zero-order chi connectivity index (χ0) is 23.3. The van der Waals surface area contributed by atoms with E-state index < -0.39 is 29.5 Å². The van der Waals surface area contributed by atoms with E-state index in [1.54, 1.807) is 24.3 Å². The van der Waals surface area contributed by atoms with Gasteiger partial charge in [-0.2, -0.15) is 26.3 Å². The molecule has 31 heavy (non-hydrogen) atoms. The fourth-order valence-electron chi connectivity index (χ4n) is 2.58. The molecule has 2 aromatic carbocycles. The van der Waals surface area contributed by atoms with Crippen LogP contribution in [0.2, 0.25) is 0 Å². The van der Waals surface area contributed by atoms with Crippen LogP contribution >= 0.6 is 0 Å². The van der Waals surface area contributed by atoms with Gasteiger partial charge in [-0.25, -0.2) is 0 Å². The second-order valence-corrected chi connectivity index (χ2v) is 6.33. The van der Waals surface area contributed by atoms with Crippen LogP contribution in [0.15, 0.2) is 48.5 Å². The highest BCUT2D eigenvalue weighted by molar-refractivity contribution is 5.72. The Labute approximate surface area is 173 Å². The topological polar surface area (TPSA) is 65.0 Å².